The summed E-state index contributed by atoms with van der Waals surface area (Å²) in [5.74, 6) is -2.29. The van der Waals surface area contributed by atoms with E-state index < -0.39 is 40.5 Å². The number of nitrogens with one attached hydrogen (secondary N) is 1. The van der Waals surface area contributed by atoms with Crippen LogP contribution >= 0.6 is 23.4 Å². The molecule has 0 aliphatic carbocycles. The molecule has 44 heavy (non-hydrogen) atoms. The van der Waals surface area contributed by atoms with Crippen LogP contribution in [0.25, 0.3) is 0 Å². The van der Waals surface area contributed by atoms with Crippen molar-refractivity contribution in [3.8, 4) is 0 Å². The number of amides is 4. The molecule has 3 aromatic carbocycles. The largest absolute Gasteiger partial charge is 0.459 e. The lowest BCUT2D eigenvalue weighted by Crippen LogP contribution is -2.54. The van der Waals surface area contributed by atoms with Gasteiger partial charge in [0.15, 0.2) is 5.60 Å². The molecule has 1 heterocycles. The van der Waals surface area contributed by atoms with E-state index >= 15 is 0 Å². The number of esters is 1. The third-order valence-corrected chi connectivity index (χ3v) is 8.62. The molecule has 4 rings (SSSR count). The Morgan fingerprint density at radius 2 is 1.66 bits per heavy atom. The van der Waals surface area contributed by atoms with Gasteiger partial charge in [0, 0.05) is 46.1 Å². The van der Waals surface area contributed by atoms with E-state index in [1.807, 2.05) is 0 Å². The predicted molar refractivity (Wildman–Crippen MR) is 163 cm³/mol. The number of rotatable bonds is 11. The topological polar surface area (TPSA) is 159 Å². The molecule has 1 aliphatic heterocycles. The molecule has 3 aromatic rings. The standard InChI is InChI=1S/C30H29ClN4O8S/c1-29(2)26(37)34(28(39)33(29)3)17-30(40,27(38)43-16-19-4-12-23(13-5-19)35(41)42)18-44-24-14-10-22(11-15-24)32-25(36)20-6-8-21(31)9-7-20/h4-15,40H,16-18H2,1-3H3,(H,32,36). The fourth-order valence-corrected chi connectivity index (χ4v) is 5.26. The second-order valence-corrected chi connectivity index (χ2v) is 12.1. The van der Waals surface area contributed by atoms with Crippen molar-refractivity contribution in [2.24, 2.45) is 0 Å². The van der Waals surface area contributed by atoms with Crippen LogP contribution < -0.4 is 5.32 Å². The van der Waals surface area contributed by atoms with Crippen molar-refractivity contribution >= 4 is 58.6 Å². The Kier molecular flexibility index (Phi) is 9.62. The first-order valence-electron chi connectivity index (χ1n) is 13.2. The van der Waals surface area contributed by atoms with Crippen LogP contribution in [0.2, 0.25) is 5.02 Å². The summed E-state index contributed by atoms with van der Waals surface area (Å²) in [4.78, 5) is 64.7. The van der Waals surface area contributed by atoms with E-state index in [0.29, 0.717) is 26.7 Å². The smallest absolute Gasteiger partial charge is 0.341 e. The van der Waals surface area contributed by atoms with E-state index in [9.17, 15) is 34.4 Å². The lowest BCUT2D eigenvalue weighted by molar-refractivity contribution is -0.384. The van der Waals surface area contributed by atoms with Gasteiger partial charge in [-0.1, -0.05) is 11.6 Å². The quantitative estimate of drug-likeness (QED) is 0.0992. The van der Waals surface area contributed by atoms with Gasteiger partial charge in [0.25, 0.3) is 17.5 Å². The average Bonchev–Trinajstić information content (AvgIpc) is 3.14. The number of urea groups is 1. The number of aliphatic hydroxyl groups is 1. The van der Waals surface area contributed by atoms with Crippen LogP contribution in [0.15, 0.2) is 77.7 Å². The highest BCUT2D eigenvalue weighted by Gasteiger charge is 2.53. The fourth-order valence-electron chi connectivity index (χ4n) is 4.19. The Morgan fingerprint density at radius 3 is 2.20 bits per heavy atom. The molecule has 230 valence electrons. The number of imide groups is 1. The number of benzene rings is 3. The minimum absolute atomic E-state index is 0.138. The number of nitro groups is 1. The molecule has 1 aliphatic rings. The number of β-amino-alcohol motifs (C(OH)–C–C–N with tert-alkyl or cyclic N) is 1. The van der Waals surface area contributed by atoms with E-state index in [1.54, 1.807) is 62.4 Å². The maximum Gasteiger partial charge on any atom is 0.341 e. The van der Waals surface area contributed by atoms with Crippen LogP contribution in [0, 0.1) is 10.1 Å². The van der Waals surface area contributed by atoms with E-state index in [4.69, 9.17) is 16.3 Å². The van der Waals surface area contributed by atoms with Gasteiger partial charge < -0.3 is 20.1 Å². The van der Waals surface area contributed by atoms with Crippen molar-refractivity contribution in [3.05, 3.63) is 99.1 Å². The normalized spacial score (nSPS) is 15.6. The third-order valence-electron chi connectivity index (χ3n) is 7.14. The zero-order valence-electron chi connectivity index (χ0n) is 24.0. The highest BCUT2D eigenvalue weighted by molar-refractivity contribution is 7.99. The molecular formula is C30H29ClN4O8S. The molecule has 2 N–H and O–H groups in total. The summed E-state index contributed by atoms with van der Waals surface area (Å²) in [7, 11) is 1.45. The predicted octanol–water partition coefficient (Wildman–Crippen LogP) is 4.74. The number of thioether (sulfide) groups is 1. The van der Waals surface area contributed by atoms with Crippen LogP contribution in [0.4, 0.5) is 16.2 Å². The van der Waals surface area contributed by atoms with Gasteiger partial charge in [-0.05, 0) is 80.1 Å². The van der Waals surface area contributed by atoms with E-state index in [0.717, 1.165) is 16.7 Å². The minimum atomic E-state index is -2.31. The number of carbonyl (C=O) groups is 4. The molecule has 0 radical (unpaired) electrons. The maximum atomic E-state index is 13.3. The molecule has 1 atom stereocenters. The molecule has 1 saturated heterocycles. The van der Waals surface area contributed by atoms with Gasteiger partial charge in [-0.25, -0.2) is 9.59 Å². The number of nitrogens with zero attached hydrogens (tertiary/aromatic N) is 3. The Morgan fingerprint density at radius 1 is 1.05 bits per heavy atom. The lowest BCUT2D eigenvalue weighted by atomic mass is 10.0. The van der Waals surface area contributed by atoms with Crippen molar-refractivity contribution in [1.29, 1.82) is 0 Å². The van der Waals surface area contributed by atoms with Crippen molar-refractivity contribution in [3.63, 3.8) is 0 Å². The Hall–Kier alpha value is -4.46. The number of hydrogen-bond acceptors (Lipinski definition) is 9. The Bertz CT molecular complexity index is 1580. The van der Waals surface area contributed by atoms with Gasteiger partial charge >= 0.3 is 12.0 Å². The zero-order valence-corrected chi connectivity index (χ0v) is 25.6. The first-order valence-corrected chi connectivity index (χ1v) is 14.6. The Balaban J connectivity index is 1.47. The van der Waals surface area contributed by atoms with Gasteiger partial charge in [0.2, 0.25) is 0 Å². The molecule has 12 nitrogen and oxygen atoms in total. The average molecular weight is 641 g/mol. The van der Waals surface area contributed by atoms with Gasteiger partial charge in [0.05, 0.1) is 11.5 Å². The van der Waals surface area contributed by atoms with Gasteiger partial charge in [-0.3, -0.25) is 24.6 Å². The summed E-state index contributed by atoms with van der Waals surface area (Å²) in [6.07, 6.45) is 0. The molecule has 4 amide bonds. The van der Waals surface area contributed by atoms with Gasteiger partial charge in [-0.2, -0.15) is 0 Å². The van der Waals surface area contributed by atoms with Crippen LogP contribution in [0.5, 0.6) is 0 Å². The number of likely N-dealkylation sites (N-methyl/N-ethyl adjacent to an activating group) is 1. The zero-order chi connectivity index (χ0) is 32.2. The van der Waals surface area contributed by atoms with Crippen molar-refractivity contribution in [2.75, 3.05) is 24.7 Å². The van der Waals surface area contributed by atoms with E-state index in [-0.39, 0.29) is 24.0 Å². The van der Waals surface area contributed by atoms with Crippen LogP contribution in [-0.4, -0.2) is 74.1 Å². The number of ether oxygens (including phenoxy) is 1. The summed E-state index contributed by atoms with van der Waals surface area (Å²) in [5, 5.41) is 25.8. The highest BCUT2D eigenvalue weighted by Crippen LogP contribution is 2.31. The first kappa shape index (κ1) is 32.5. The first-order chi connectivity index (χ1) is 20.7. The highest BCUT2D eigenvalue weighted by atomic mass is 35.5. The molecule has 0 bridgehead atoms. The van der Waals surface area contributed by atoms with Gasteiger partial charge in [-0.15, -0.1) is 11.8 Å². The summed E-state index contributed by atoms with van der Waals surface area (Å²) in [6, 6.07) is 17.7. The van der Waals surface area contributed by atoms with Crippen LogP contribution in [-0.2, 0) is 20.9 Å². The van der Waals surface area contributed by atoms with Gasteiger partial charge in [0.1, 0.15) is 12.1 Å². The van der Waals surface area contributed by atoms with Crippen LogP contribution in [0.1, 0.15) is 29.8 Å². The fraction of sp³-hybridized carbons (Fsp3) is 0.267. The number of nitro benzene ring substituents is 1. The Labute approximate surface area is 262 Å². The summed E-state index contributed by atoms with van der Waals surface area (Å²) in [5.41, 5.74) is -2.26. The van der Waals surface area contributed by atoms with Crippen molar-refractivity contribution in [1.82, 2.24) is 9.80 Å². The third kappa shape index (κ3) is 7.18. The summed E-state index contributed by atoms with van der Waals surface area (Å²) >= 11 is 6.96. The number of non-ortho nitro benzene ring substituents is 1. The monoisotopic (exact) mass is 640 g/mol. The molecule has 1 unspecified atom stereocenters. The second kappa shape index (κ2) is 13.0. The maximum absolute atomic E-state index is 13.3. The number of anilines is 1. The molecular weight excluding hydrogens is 612 g/mol. The van der Waals surface area contributed by atoms with E-state index in [2.05, 4.69) is 5.32 Å². The minimum Gasteiger partial charge on any atom is -0.459 e. The van der Waals surface area contributed by atoms with Crippen molar-refractivity contribution in [2.45, 2.75) is 36.5 Å². The molecule has 0 spiro atoms. The van der Waals surface area contributed by atoms with Crippen LogP contribution in [0.3, 0.4) is 0 Å². The number of halogens is 1. The molecule has 1 fully saturated rings. The number of carbonyl (C=O) groups excluding carboxylic acids is 4. The number of hydrogen-bond donors (Lipinski definition) is 2. The summed E-state index contributed by atoms with van der Waals surface area (Å²) < 4.78 is 5.36. The SMILES string of the molecule is CN1C(=O)N(CC(O)(CSc2ccc(NC(=O)c3ccc(Cl)cc3)cc2)C(=O)OCc2ccc([N+](=O)[O-])cc2)C(=O)C1(C)C. The molecule has 0 saturated carbocycles. The lowest BCUT2D eigenvalue weighted by Gasteiger charge is -2.29. The molecule has 14 heteroatoms. The summed E-state index contributed by atoms with van der Waals surface area (Å²) in [6.45, 7) is 2.15. The second-order valence-electron chi connectivity index (χ2n) is 10.6. The van der Waals surface area contributed by atoms with E-state index in [1.165, 1.54) is 36.2 Å². The van der Waals surface area contributed by atoms with Crippen molar-refractivity contribution < 1.29 is 33.9 Å². The molecule has 0 aromatic heterocycles.